The Morgan fingerprint density at radius 1 is 1.44 bits per heavy atom. The predicted molar refractivity (Wildman–Crippen MR) is 71.6 cm³/mol. The molecule has 1 aliphatic heterocycles. The molecule has 0 radical (unpaired) electrons. The molecule has 0 amide bonds. The van der Waals surface area contributed by atoms with Crippen LogP contribution in [0.5, 0.6) is 0 Å². The average Bonchev–Trinajstić information content (AvgIpc) is 2.76. The third-order valence-corrected chi connectivity index (χ3v) is 3.64. The van der Waals surface area contributed by atoms with Crippen LogP contribution in [0, 0.1) is 6.92 Å². The van der Waals surface area contributed by atoms with Gasteiger partial charge >= 0.3 is 5.97 Å². The lowest BCUT2D eigenvalue weighted by molar-refractivity contribution is -0.147. The number of carboxylic acid groups (broad SMARTS) is 1. The molecule has 1 heterocycles. The number of nitrogens with zero attached hydrogens (tertiary/aromatic N) is 1. The number of aliphatic carboxylic acids is 1. The van der Waals surface area contributed by atoms with Gasteiger partial charge in [0.05, 0.1) is 0 Å². The predicted octanol–water partition coefficient (Wildman–Crippen LogP) is 2.30. The quantitative estimate of drug-likeness (QED) is 0.858. The summed E-state index contributed by atoms with van der Waals surface area (Å²) in [5.74, 6) is -0.789. The van der Waals surface area contributed by atoms with E-state index in [9.17, 15) is 9.90 Å². The Kier molecular flexibility index (Phi) is 3.57. The molecule has 1 aromatic rings. The molecule has 1 aliphatic rings. The number of aryl methyl sites for hydroxylation is 1. The second-order valence-electron chi connectivity index (χ2n) is 4.84. The summed E-state index contributed by atoms with van der Waals surface area (Å²) in [5, 5.41) is 12.8. The zero-order chi connectivity index (χ0) is 13.2. The van der Waals surface area contributed by atoms with Crippen LogP contribution in [0.2, 0.25) is 0 Å². The van der Waals surface area contributed by atoms with Gasteiger partial charge in [0, 0.05) is 12.2 Å². The number of nitrogens with one attached hydrogen (secondary N) is 1. The molecular formula is C14H20N2O2. The van der Waals surface area contributed by atoms with Gasteiger partial charge in [-0.15, -0.1) is 0 Å². The molecule has 18 heavy (non-hydrogen) atoms. The summed E-state index contributed by atoms with van der Waals surface area (Å²) in [6.07, 6.45) is 1.56. The highest BCUT2D eigenvalue weighted by Crippen LogP contribution is 2.31. The molecule has 0 aromatic heterocycles. The van der Waals surface area contributed by atoms with Crippen molar-refractivity contribution in [2.45, 2.75) is 32.4 Å². The van der Waals surface area contributed by atoms with Gasteiger partial charge in [0.2, 0.25) is 0 Å². The molecule has 1 fully saturated rings. The fraction of sp³-hybridized carbons (Fsp3) is 0.500. The van der Waals surface area contributed by atoms with Crippen molar-refractivity contribution in [3.63, 3.8) is 0 Å². The lowest BCUT2D eigenvalue weighted by Crippen LogP contribution is -2.56. The van der Waals surface area contributed by atoms with Crippen molar-refractivity contribution in [2.24, 2.45) is 0 Å². The van der Waals surface area contributed by atoms with Crippen LogP contribution in [0.15, 0.2) is 24.3 Å². The van der Waals surface area contributed by atoms with Gasteiger partial charge in [-0.25, -0.2) is 4.79 Å². The second-order valence-corrected chi connectivity index (χ2v) is 4.84. The van der Waals surface area contributed by atoms with Crippen molar-refractivity contribution in [3.05, 3.63) is 29.8 Å². The first-order valence-corrected chi connectivity index (χ1v) is 6.42. The molecule has 2 rings (SSSR count). The topological polar surface area (TPSA) is 52.6 Å². The number of hydrogen-bond donors (Lipinski definition) is 2. The normalized spacial score (nSPS) is 24.1. The fourth-order valence-corrected chi connectivity index (χ4v) is 2.62. The van der Waals surface area contributed by atoms with E-state index in [1.54, 1.807) is 0 Å². The summed E-state index contributed by atoms with van der Waals surface area (Å²) in [6.45, 7) is 5.59. The molecule has 0 aliphatic carbocycles. The maximum absolute atomic E-state index is 11.7. The van der Waals surface area contributed by atoms with Crippen molar-refractivity contribution in [1.29, 1.82) is 0 Å². The number of likely N-dealkylation sites (tertiary alicyclic amines) is 1. The Labute approximate surface area is 108 Å². The molecule has 0 bridgehead atoms. The molecule has 0 saturated carbocycles. The van der Waals surface area contributed by atoms with Crippen LogP contribution >= 0.6 is 0 Å². The number of carbonyl (C=O) groups is 1. The third-order valence-electron chi connectivity index (χ3n) is 3.64. The van der Waals surface area contributed by atoms with E-state index in [1.165, 1.54) is 5.56 Å². The minimum atomic E-state index is -0.940. The molecule has 0 spiro atoms. The van der Waals surface area contributed by atoms with Crippen LogP contribution in [0.4, 0.5) is 5.69 Å². The lowest BCUT2D eigenvalue weighted by atomic mass is 10.1. The van der Waals surface area contributed by atoms with Crippen LogP contribution in [-0.4, -0.2) is 34.7 Å². The van der Waals surface area contributed by atoms with Crippen molar-refractivity contribution < 1.29 is 9.90 Å². The highest BCUT2D eigenvalue weighted by molar-refractivity contribution is 5.82. The molecule has 2 N–H and O–H groups in total. The average molecular weight is 248 g/mol. The summed E-state index contributed by atoms with van der Waals surface area (Å²) in [5.41, 5.74) is 1.09. The van der Waals surface area contributed by atoms with Crippen molar-refractivity contribution in [3.8, 4) is 0 Å². The smallest absolute Gasteiger partial charge is 0.344 e. The molecule has 1 atom stereocenters. The molecule has 1 unspecified atom stereocenters. The summed E-state index contributed by atoms with van der Waals surface area (Å²) < 4.78 is 0. The van der Waals surface area contributed by atoms with E-state index in [1.807, 2.05) is 43.0 Å². The zero-order valence-electron chi connectivity index (χ0n) is 10.9. The van der Waals surface area contributed by atoms with E-state index in [0.717, 1.165) is 25.2 Å². The van der Waals surface area contributed by atoms with Gasteiger partial charge < -0.3 is 10.4 Å². The Balaban J connectivity index is 2.26. The van der Waals surface area contributed by atoms with Crippen LogP contribution in [0.25, 0.3) is 0 Å². The fourth-order valence-electron chi connectivity index (χ4n) is 2.62. The third kappa shape index (κ3) is 2.20. The Morgan fingerprint density at radius 3 is 2.67 bits per heavy atom. The summed E-state index contributed by atoms with van der Waals surface area (Å²) in [6, 6.07) is 7.85. The highest BCUT2D eigenvalue weighted by atomic mass is 16.4. The first kappa shape index (κ1) is 12.9. The van der Waals surface area contributed by atoms with Gasteiger partial charge in [-0.1, -0.05) is 24.6 Å². The van der Waals surface area contributed by atoms with Gasteiger partial charge in [0.15, 0.2) is 5.66 Å². The number of anilines is 1. The van der Waals surface area contributed by atoms with E-state index < -0.39 is 11.6 Å². The minimum absolute atomic E-state index is 0.643. The Hall–Kier alpha value is -1.55. The number of likely N-dealkylation sites (N-methyl/N-ethyl adjacent to an activating group) is 1. The zero-order valence-corrected chi connectivity index (χ0v) is 10.9. The van der Waals surface area contributed by atoms with Gasteiger partial charge in [-0.3, -0.25) is 4.90 Å². The van der Waals surface area contributed by atoms with E-state index in [0.29, 0.717) is 6.42 Å². The molecule has 1 saturated heterocycles. The van der Waals surface area contributed by atoms with E-state index >= 15 is 0 Å². The van der Waals surface area contributed by atoms with Crippen molar-refractivity contribution in [2.75, 3.05) is 18.4 Å². The maximum atomic E-state index is 11.7. The summed E-state index contributed by atoms with van der Waals surface area (Å²) in [4.78, 5) is 13.7. The first-order chi connectivity index (χ1) is 8.58. The molecule has 98 valence electrons. The van der Waals surface area contributed by atoms with Gasteiger partial charge in [-0.2, -0.15) is 0 Å². The molecule has 1 aromatic carbocycles. The number of rotatable bonds is 4. The summed E-state index contributed by atoms with van der Waals surface area (Å²) >= 11 is 0. The van der Waals surface area contributed by atoms with Crippen molar-refractivity contribution in [1.82, 2.24) is 4.90 Å². The number of hydrogen-bond acceptors (Lipinski definition) is 3. The Morgan fingerprint density at radius 2 is 2.11 bits per heavy atom. The minimum Gasteiger partial charge on any atom is -0.478 e. The molecule has 4 heteroatoms. The van der Waals surface area contributed by atoms with Gasteiger partial charge in [0.25, 0.3) is 0 Å². The van der Waals surface area contributed by atoms with Crippen LogP contribution in [0.3, 0.4) is 0 Å². The summed E-state index contributed by atoms with van der Waals surface area (Å²) in [7, 11) is 0. The monoisotopic (exact) mass is 248 g/mol. The molecular weight excluding hydrogens is 228 g/mol. The van der Waals surface area contributed by atoms with Gasteiger partial charge in [0.1, 0.15) is 0 Å². The number of benzene rings is 1. The lowest BCUT2D eigenvalue weighted by Gasteiger charge is -2.35. The highest BCUT2D eigenvalue weighted by Gasteiger charge is 2.47. The van der Waals surface area contributed by atoms with E-state index in [4.69, 9.17) is 0 Å². The molecule has 4 nitrogen and oxygen atoms in total. The second kappa shape index (κ2) is 4.98. The van der Waals surface area contributed by atoms with E-state index in [-0.39, 0.29) is 0 Å². The largest absolute Gasteiger partial charge is 0.478 e. The van der Waals surface area contributed by atoms with Crippen LogP contribution in [-0.2, 0) is 4.79 Å². The maximum Gasteiger partial charge on any atom is 0.344 e. The van der Waals surface area contributed by atoms with Crippen LogP contribution in [0.1, 0.15) is 25.3 Å². The first-order valence-electron chi connectivity index (χ1n) is 6.42. The van der Waals surface area contributed by atoms with E-state index in [2.05, 4.69) is 5.32 Å². The van der Waals surface area contributed by atoms with Gasteiger partial charge in [-0.05, 0) is 38.4 Å². The van der Waals surface area contributed by atoms with Crippen molar-refractivity contribution >= 4 is 11.7 Å². The van der Waals surface area contributed by atoms with Crippen LogP contribution < -0.4 is 5.32 Å². The Bertz CT molecular complexity index is 430. The standard InChI is InChI=1S/C14H20N2O2/c1-3-16-10-4-9-14(16,13(17)18)15-12-7-5-11(2)6-8-12/h5-8,15H,3-4,9-10H2,1-2H3,(H,17,18). The SMILES string of the molecule is CCN1CCCC1(Nc1ccc(C)cc1)C(=O)O. The number of carboxylic acids is 1.